The fraction of sp³-hybridized carbons (Fsp3) is 0.520. The number of aliphatic hydroxyl groups is 1. The van der Waals surface area contributed by atoms with Crippen LogP contribution < -0.4 is 31.1 Å². The Morgan fingerprint density at radius 1 is 0.868 bits per heavy atom. The van der Waals surface area contributed by atoms with E-state index in [9.17, 15) is 24.3 Å². The minimum atomic E-state index is -0.670. The second-order valence-electron chi connectivity index (χ2n) is 19.9. The fourth-order valence-corrected chi connectivity index (χ4v) is 11.9. The number of hydrogen-bond donors (Lipinski definition) is 5. The van der Waals surface area contributed by atoms with Crippen molar-refractivity contribution in [3.63, 3.8) is 0 Å². The zero-order chi connectivity index (χ0) is 46.7. The van der Waals surface area contributed by atoms with E-state index in [-0.39, 0.29) is 48.3 Å². The highest BCUT2D eigenvalue weighted by Gasteiger charge is 2.47. The van der Waals surface area contributed by atoms with Crippen LogP contribution in [0.2, 0.25) is 0 Å². The van der Waals surface area contributed by atoms with Gasteiger partial charge in [-0.05, 0) is 117 Å². The standard InChI is InChI=1S/C50H62N12O5S/c63-43(55-36-6-5-7-37(25-36)68-45-28-52-42(27-53-45)60-21-16-49(17-22-60)15-19-51-30-49)8-3-1-2-4-20-59-31-50(32-59)18-23-61(33-50)41-13-11-39(57-58-41)46(65)54-26-34-9-10-38-35(24-34)29-62(48(38)67)40-12-14-44(64)56-47(40)66/h5-7,9-11,13,24-25,27-28,40,43,51,55,63H,1-4,8,12,14-23,26,29-33H2,(H,54,65)(H,56,64,66). The summed E-state index contributed by atoms with van der Waals surface area (Å²) in [6.45, 7) is 9.98. The second kappa shape index (κ2) is 20.1. The monoisotopic (exact) mass is 942 g/mol. The van der Waals surface area contributed by atoms with E-state index in [1.807, 2.05) is 36.7 Å². The SMILES string of the molecule is O=C1CCC(N2Cc3cc(CNC(=O)c4ccc(N5CCC6(CN(CCCCCCC(O)Nc7cccc(Sc8cnc(N9CCC%10(CCNC%10)CC9)cn8)c7)C6)C5)nn4)ccc3C2=O)C(=O)N1. The molecule has 6 aliphatic rings. The summed E-state index contributed by atoms with van der Waals surface area (Å²) in [6.07, 6.45) is 13.5. The third-order valence-electron chi connectivity index (χ3n) is 15.0. The molecular formula is C50H62N12O5S. The highest BCUT2D eigenvalue weighted by atomic mass is 32.2. The first-order chi connectivity index (χ1) is 33.1. The molecule has 0 radical (unpaired) electrons. The molecule has 2 aromatic carbocycles. The fourth-order valence-electron chi connectivity index (χ4n) is 11.1. The average molecular weight is 943 g/mol. The second-order valence-corrected chi connectivity index (χ2v) is 20.9. The molecule has 6 aliphatic heterocycles. The van der Waals surface area contributed by atoms with Crippen molar-refractivity contribution >= 4 is 52.7 Å². The Hall–Kier alpha value is -5.69. The van der Waals surface area contributed by atoms with E-state index in [1.165, 1.54) is 24.2 Å². The van der Waals surface area contributed by atoms with E-state index in [0.717, 1.165) is 129 Å². The lowest BCUT2D eigenvalue weighted by Gasteiger charge is -2.48. The highest BCUT2D eigenvalue weighted by Crippen LogP contribution is 2.41. The third kappa shape index (κ3) is 10.5. The number of amides is 4. The van der Waals surface area contributed by atoms with Crippen LogP contribution in [0.15, 0.2) is 76.9 Å². The Morgan fingerprint density at radius 2 is 1.71 bits per heavy atom. The number of carbonyl (C=O) groups excluding carboxylic acids is 4. The van der Waals surface area contributed by atoms with Gasteiger partial charge in [0.2, 0.25) is 11.8 Å². The molecular weight excluding hydrogens is 881 g/mol. The van der Waals surface area contributed by atoms with Crippen molar-refractivity contribution in [2.45, 2.75) is 106 Å². The summed E-state index contributed by atoms with van der Waals surface area (Å²) in [5.41, 5.74) is 4.02. The maximum atomic E-state index is 13.0. The molecule has 0 saturated carbocycles. The van der Waals surface area contributed by atoms with Crippen LogP contribution in [0.1, 0.15) is 103 Å². The summed E-state index contributed by atoms with van der Waals surface area (Å²) < 4.78 is 0. The minimum absolute atomic E-state index is 0.203. The molecule has 8 heterocycles. The van der Waals surface area contributed by atoms with Gasteiger partial charge in [0.1, 0.15) is 23.1 Å². The molecule has 2 spiro atoms. The summed E-state index contributed by atoms with van der Waals surface area (Å²) in [5.74, 6) is 0.416. The molecule has 5 saturated heterocycles. The van der Waals surface area contributed by atoms with Gasteiger partial charge in [0.05, 0.1) is 12.4 Å². The number of imide groups is 1. The van der Waals surface area contributed by atoms with E-state index in [2.05, 4.69) is 58.3 Å². The van der Waals surface area contributed by atoms with Crippen LogP contribution in [0.5, 0.6) is 0 Å². The lowest BCUT2D eigenvalue weighted by molar-refractivity contribution is -0.136. The number of fused-ring (bicyclic) bond motifs is 1. The number of anilines is 3. The van der Waals surface area contributed by atoms with Crippen LogP contribution in [-0.2, 0) is 22.7 Å². The number of nitrogens with one attached hydrogen (secondary N) is 4. The minimum Gasteiger partial charge on any atom is -0.374 e. The van der Waals surface area contributed by atoms with Gasteiger partial charge >= 0.3 is 0 Å². The predicted molar refractivity (Wildman–Crippen MR) is 258 cm³/mol. The van der Waals surface area contributed by atoms with E-state index >= 15 is 0 Å². The van der Waals surface area contributed by atoms with E-state index in [1.54, 1.807) is 30.0 Å². The van der Waals surface area contributed by atoms with Gasteiger partial charge in [0.25, 0.3) is 11.8 Å². The first kappa shape index (κ1) is 46.1. The smallest absolute Gasteiger partial charge is 0.272 e. The maximum Gasteiger partial charge on any atom is 0.272 e. The molecule has 0 bridgehead atoms. The lowest BCUT2D eigenvalue weighted by atomic mass is 9.78. The van der Waals surface area contributed by atoms with Crippen molar-refractivity contribution < 1.29 is 24.3 Å². The van der Waals surface area contributed by atoms with Crippen LogP contribution in [0.25, 0.3) is 0 Å². The summed E-state index contributed by atoms with van der Waals surface area (Å²) in [6, 6.07) is 16.4. The Morgan fingerprint density at radius 3 is 2.49 bits per heavy atom. The molecule has 4 amide bonds. The van der Waals surface area contributed by atoms with Crippen LogP contribution in [0.4, 0.5) is 17.3 Å². The molecule has 2 atom stereocenters. The van der Waals surface area contributed by atoms with Gasteiger partial charge in [-0.1, -0.05) is 42.8 Å². The Labute approximate surface area is 401 Å². The van der Waals surface area contributed by atoms with Crippen molar-refractivity contribution in [2.24, 2.45) is 10.8 Å². The molecule has 5 N–H and O–H groups in total. The molecule has 68 heavy (non-hydrogen) atoms. The third-order valence-corrected chi connectivity index (χ3v) is 15.9. The number of aromatic nitrogens is 4. The number of piperidine rings is 2. The quantitative estimate of drug-likeness (QED) is 0.0559. The number of nitrogens with zero attached hydrogens (tertiary/aromatic N) is 8. The number of hydrogen-bond acceptors (Lipinski definition) is 15. The zero-order valence-corrected chi connectivity index (χ0v) is 39.4. The van der Waals surface area contributed by atoms with Gasteiger partial charge in [-0.25, -0.2) is 9.97 Å². The summed E-state index contributed by atoms with van der Waals surface area (Å²) in [7, 11) is 0. The van der Waals surface area contributed by atoms with Crippen molar-refractivity contribution in [1.82, 2.24) is 45.9 Å². The first-order valence-electron chi connectivity index (χ1n) is 24.4. The van der Waals surface area contributed by atoms with E-state index in [4.69, 9.17) is 9.97 Å². The van der Waals surface area contributed by atoms with Gasteiger partial charge in [0, 0.05) is 86.9 Å². The van der Waals surface area contributed by atoms with Crippen LogP contribution in [-0.4, -0.2) is 130 Å². The molecule has 0 aliphatic carbocycles. The van der Waals surface area contributed by atoms with Gasteiger partial charge in [-0.3, -0.25) is 24.5 Å². The lowest BCUT2D eigenvalue weighted by Crippen LogP contribution is -2.57. The Kier molecular flexibility index (Phi) is 13.6. The molecule has 18 heteroatoms. The van der Waals surface area contributed by atoms with Crippen molar-refractivity contribution in [3.05, 3.63) is 89.4 Å². The van der Waals surface area contributed by atoms with Gasteiger partial charge in [-0.15, -0.1) is 10.2 Å². The molecule has 5 fully saturated rings. The number of unbranched alkanes of at least 4 members (excludes halogenated alkanes) is 3. The number of benzene rings is 2. The van der Waals surface area contributed by atoms with Crippen molar-refractivity contribution in [1.29, 1.82) is 0 Å². The van der Waals surface area contributed by atoms with E-state index < -0.39 is 18.2 Å². The summed E-state index contributed by atoms with van der Waals surface area (Å²) in [4.78, 5) is 69.3. The van der Waals surface area contributed by atoms with Crippen LogP contribution in [0.3, 0.4) is 0 Å². The predicted octanol–water partition coefficient (Wildman–Crippen LogP) is 4.58. The number of rotatable bonds is 17. The topological polar surface area (TPSA) is 201 Å². The van der Waals surface area contributed by atoms with Gasteiger partial charge in [-0.2, -0.15) is 0 Å². The largest absolute Gasteiger partial charge is 0.374 e. The molecule has 10 rings (SSSR count). The Bertz CT molecular complexity index is 2470. The summed E-state index contributed by atoms with van der Waals surface area (Å²) >= 11 is 1.58. The van der Waals surface area contributed by atoms with Crippen LogP contribution >= 0.6 is 11.8 Å². The highest BCUT2D eigenvalue weighted by molar-refractivity contribution is 7.99. The van der Waals surface area contributed by atoms with E-state index in [0.29, 0.717) is 23.8 Å². The molecule has 17 nitrogen and oxygen atoms in total. The van der Waals surface area contributed by atoms with Gasteiger partial charge in [0.15, 0.2) is 11.5 Å². The van der Waals surface area contributed by atoms with Gasteiger partial charge < -0.3 is 40.7 Å². The molecule has 358 valence electrons. The average Bonchev–Trinajstić information content (AvgIpc) is 4.08. The zero-order valence-electron chi connectivity index (χ0n) is 38.6. The molecule has 2 unspecified atom stereocenters. The molecule has 4 aromatic rings. The number of carbonyl (C=O) groups is 4. The number of likely N-dealkylation sites (tertiary alicyclic amines) is 1. The number of aliphatic hydroxyl groups excluding tert-OH is 1. The molecule has 2 aromatic heterocycles. The summed E-state index contributed by atoms with van der Waals surface area (Å²) in [5, 5.41) is 32.4. The van der Waals surface area contributed by atoms with Crippen molar-refractivity contribution in [3.8, 4) is 0 Å². The first-order valence-corrected chi connectivity index (χ1v) is 25.3. The van der Waals surface area contributed by atoms with Crippen LogP contribution in [0, 0.1) is 10.8 Å². The maximum absolute atomic E-state index is 13.0. The van der Waals surface area contributed by atoms with Crippen molar-refractivity contribution in [2.75, 3.05) is 74.0 Å². The Balaban J connectivity index is 0.587. The normalized spacial score (nSPS) is 21.3.